The third-order valence-corrected chi connectivity index (χ3v) is 2.01. The molecule has 1 heterocycles. The van der Waals surface area contributed by atoms with E-state index in [4.69, 9.17) is 0 Å². The summed E-state index contributed by atoms with van der Waals surface area (Å²) in [4.78, 5) is 4.83. The van der Waals surface area contributed by atoms with Crippen LogP contribution in [0.4, 0.5) is 0 Å². The van der Waals surface area contributed by atoms with Crippen LogP contribution in [0.1, 0.15) is 0 Å². The predicted molar refractivity (Wildman–Crippen MR) is 50.7 cm³/mol. The molecule has 0 amide bonds. The number of benzene rings is 1. The smallest absolute Gasteiger partial charge is 0.117 e. The Labute approximate surface area is 75.3 Å². The van der Waals surface area contributed by atoms with E-state index < -0.39 is 0 Å². The van der Waals surface area contributed by atoms with Gasteiger partial charge in [-0.1, -0.05) is 6.07 Å². The molecule has 0 unspecified atom stereocenters. The van der Waals surface area contributed by atoms with Crippen LogP contribution in [0.2, 0.25) is 0 Å². The van der Waals surface area contributed by atoms with Gasteiger partial charge in [0.25, 0.3) is 0 Å². The molecule has 2 aromatic rings. The van der Waals surface area contributed by atoms with Gasteiger partial charge in [-0.25, -0.2) is 0 Å². The van der Waals surface area contributed by atoms with E-state index in [0.29, 0.717) is 4.90 Å². The van der Waals surface area contributed by atoms with E-state index in [9.17, 15) is 5.11 Å². The van der Waals surface area contributed by atoms with Crippen molar-refractivity contribution in [2.75, 3.05) is 0 Å². The summed E-state index contributed by atoms with van der Waals surface area (Å²) in [6.45, 7) is 0. The van der Waals surface area contributed by atoms with Crippen molar-refractivity contribution in [1.29, 1.82) is 0 Å². The Bertz CT molecular complexity index is 428. The van der Waals surface area contributed by atoms with Crippen molar-refractivity contribution in [3.8, 4) is 5.75 Å². The van der Waals surface area contributed by atoms with Crippen LogP contribution in [0.15, 0.2) is 35.4 Å². The summed E-state index contributed by atoms with van der Waals surface area (Å²) in [6, 6.07) is 6.97. The van der Waals surface area contributed by atoms with Gasteiger partial charge in [0.1, 0.15) is 5.75 Å². The first kappa shape index (κ1) is 7.43. The lowest BCUT2D eigenvalue weighted by Crippen LogP contribution is -1.79. The van der Waals surface area contributed by atoms with E-state index in [-0.39, 0.29) is 5.75 Å². The molecule has 0 spiro atoms. The second-order valence-corrected chi connectivity index (χ2v) is 3.02. The average Bonchev–Trinajstić information content (AvgIpc) is 2.04. The number of nitrogens with zero attached hydrogens (tertiary/aromatic N) is 1. The highest BCUT2D eigenvalue weighted by atomic mass is 32.1. The Hall–Kier alpha value is -1.22. The zero-order valence-electron chi connectivity index (χ0n) is 6.23. The number of pyridine rings is 1. The van der Waals surface area contributed by atoms with Crippen LogP contribution in [0, 0.1) is 0 Å². The molecule has 1 aromatic carbocycles. The van der Waals surface area contributed by atoms with E-state index in [0.717, 1.165) is 10.9 Å². The fourth-order valence-corrected chi connectivity index (χ4v) is 1.48. The summed E-state index contributed by atoms with van der Waals surface area (Å²) in [5, 5.41) is 10.1. The molecule has 12 heavy (non-hydrogen) atoms. The lowest BCUT2D eigenvalue weighted by Gasteiger charge is -2.00. The Kier molecular flexibility index (Phi) is 1.66. The normalized spacial score (nSPS) is 10.4. The van der Waals surface area contributed by atoms with Gasteiger partial charge in [-0.15, -0.1) is 12.6 Å². The van der Waals surface area contributed by atoms with Crippen molar-refractivity contribution >= 4 is 23.5 Å². The molecule has 0 atom stereocenters. The Morgan fingerprint density at radius 1 is 1.33 bits per heavy atom. The Morgan fingerprint density at radius 2 is 2.17 bits per heavy atom. The number of fused-ring (bicyclic) bond motifs is 1. The fraction of sp³-hybridized carbons (Fsp3) is 0. The zero-order valence-corrected chi connectivity index (χ0v) is 7.12. The van der Waals surface area contributed by atoms with Crippen molar-refractivity contribution in [1.82, 2.24) is 4.98 Å². The summed E-state index contributed by atoms with van der Waals surface area (Å²) in [5.74, 6) is 0.223. The van der Waals surface area contributed by atoms with Crippen LogP contribution in [-0.2, 0) is 0 Å². The van der Waals surface area contributed by atoms with Gasteiger partial charge in [-0.05, 0) is 18.2 Å². The molecule has 60 valence electrons. The maximum Gasteiger partial charge on any atom is 0.117 e. The summed E-state index contributed by atoms with van der Waals surface area (Å²) in [6.07, 6.45) is 1.71. The van der Waals surface area contributed by atoms with Gasteiger partial charge in [0.2, 0.25) is 0 Å². The van der Waals surface area contributed by atoms with Gasteiger partial charge in [-0.3, -0.25) is 4.98 Å². The molecule has 0 aliphatic heterocycles. The molecule has 0 saturated heterocycles. The predicted octanol–water partition coefficient (Wildman–Crippen LogP) is 2.23. The molecule has 0 saturated carbocycles. The van der Waals surface area contributed by atoms with Gasteiger partial charge in [0.05, 0.1) is 5.52 Å². The van der Waals surface area contributed by atoms with Crippen molar-refractivity contribution < 1.29 is 5.11 Å². The average molecular weight is 177 g/mol. The SMILES string of the molecule is Oc1cc(S)c2ncccc2c1. The quantitative estimate of drug-likeness (QED) is 0.605. The van der Waals surface area contributed by atoms with Crippen LogP contribution < -0.4 is 0 Å². The van der Waals surface area contributed by atoms with Crippen molar-refractivity contribution in [2.45, 2.75) is 4.90 Å². The lowest BCUT2D eigenvalue weighted by atomic mass is 10.2. The maximum absolute atomic E-state index is 9.23. The third kappa shape index (κ3) is 1.12. The van der Waals surface area contributed by atoms with E-state index in [2.05, 4.69) is 17.6 Å². The molecule has 0 bridgehead atoms. The first-order valence-electron chi connectivity index (χ1n) is 3.54. The van der Waals surface area contributed by atoms with Crippen LogP contribution >= 0.6 is 12.6 Å². The molecule has 2 nitrogen and oxygen atoms in total. The number of aromatic nitrogens is 1. The van der Waals surface area contributed by atoms with Gasteiger partial charge in [0.15, 0.2) is 0 Å². The minimum Gasteiger partial charge on any atom is -0.508 e. The van der Waals surface area contributed by atoms with Gasteiger partial charge >= 0.3 is 0 Å². The lowest BCUT2D eigenvalue weighted by molar-refractivity contribution is 0.475. The molecule has 3 heteroatoms. The molecular weight excluding hydrogens is 170 g/mol. The third-order valence-electron chi connectivity index (χ3n) is 1.67. The highest BCUT2D eigenvalue weighted by Gasteiger charge is 1.99. The van der Waals surface area contributed by atoms with Crippen LogP contribution in [0.25, 0.3) is 10.9 Å². The number of aromatic hydroxyl groups is 1. The summed E-state index contributed by atoms with van der Waals surface area (Å²) < 4.78 is 0. The number of phenolic OH excluding ortho intramolecular Hbond substituents is 1. The number of rotatable bonds is 0. The molecule has 0 radical (unpaired) electrons. The van der Waals surface area contributed by atoms with E-state index in [1.165, 1.54) is 0 Å². The molecule has 1 aromatic heterocycles. The van der Waals surface area contributed by atoms with Gasteiger partial charge < -0.3 is 5.11 Å². The number of phenols is 1. The molecule has 0 aliphatic rings. The minimum atomic E-state index is 0.223. The van der Waals surface area contributed by atoms with Crippen molar-refractivity contribution in [3.05, 3.63) is 30.5 Å². The molecule has 2 rings (SSSR count). The number of thiol groups is 1. The second-order valence-electron chi connectivity index (χ2n) is 2.54. The Morgan fingerprint density at radius 3 is 3.00 bits per heavy atom. The van der Waals surface area contributed by atoms with Crippen LogP contribution in [0.5, 0.6) is 5.75 Å². The number of hydrogen-bond acceptors (Lipinski definition) is 3. The monoisotopic (exact) mass is 177 g/mol. The standard InChI is InChI=1S/C9H7NOS/c11-7-4-6-2-1-3-10-9(6)8(12)5-7/h1-5,11-12H. The highest BCUT2D eigenvalue weighted by molar-refractivity contribution is 7.80. The topological polar surface area (TPSA) is 33.1 Å². The van der Waals surface area contributed by atoms with E-state index >= 15 is 0 Å². The molecule has 0 fully saturated rings. The maximum atomic E-state index is 9.23. The minimum absolute atomic E-state index is 0.223. The second kappa shape index (κ2) is 2.68. The van der Waals surface area contributed by atoms with Gasteiger partial charge in [-0.2, -0.15) is 0 Å². The van der Waals surface area contributed by atoms with Crippen LogP contribution in [-0.4, -0.2) is 10.1 Å². The number of hydrogen-bond donors (Lipinski definition) is 2. The fourth-order valence-electron chi connectivity index (χ4n) is 1.16. The van der Waals surface area contributed by atoms with Crippen molar-refractivity contribution in [3.63, 3.8) is 0 Å². The summed E-state index contributed by atoms with van der Waals surface area (Å²) >= 11 is 4.20. The zero-order chi connectivity index (χ0) is 8.55. The van der Waals surface area contributed by atoms with Crippen molar-refractivity contribution in [2.24, 2.45) is 0 Å². The van der Waals surface area contributed by atoms with E-state index in [1.54, 1.807) is 18.3 Å². The first-order chi connectivity index (χ1) is 5.77. The molecular formula is C9H7NOS. The van der Waals surface area contributed by atoms with E-state index in [1.807, 2.05) is 12.1 Å². The van der Waals surface area contributed by atoms with Gasteiger partial charge in [0, 0.05) is 16.5 Å². The first-order valence-corrected chi connectivity index (χ1v) is 3.99. The summed E-state index contributed by atoms with van der Waals surface area (Å²) in [7, 11) is 0. The van der Waals surface area contributed by atoms with Crippen LogP contribution in [0.3, 0.4) is 0 Å². The molecule has 0 aliphatic carbocycles. The highest BCUT2D eigenvalue weighted by Crippen LogP contribution is 2.24. The largest absolute Gasteiger partial charge is 0.508 e. The molecule has 1 N–H and O–H groups in total. The summed E-state index contributed by atoms with van der Waals surface area (Å²) in [5.41, 5.74) is 0.818. The Balaban J connectivity index is 2.89.